The third kappa shape index (κ3) is 10.9. The van der Waals surface area contributed by atoms with Crippen LogP contribution in [-0.4, -0.2) is 66.3 Å². The number of hydrogen-bond donors (Lipinski definition) is 3. The fraction of sp³-hybridized carbons (Fsp3) is 0.200. The summed E-state index contributed by atoms with van der Waals surface area (Å²) in [6, 6.07) is 15.0. The van der Waals surface area contributed by atoms with Gasteiger partial charge >= 0.3 is 0 Å². The molecule has 9 rings (SSSR count). The Kier molecular flexibility index (Phi) is 11.5. The molecule has 0 aliphatic carbocycles. The molecule has 0 spiro atoms. The van der Waals surface area contributed by atoms with Crippen molar-refractivity contribution in [1.29, 1.82) is 0 Å². The summed E-state index contributed by atoms with van der Waals surface area (Å²) in [5.74, 6) is -6.22. The zero-order valence-corrected chi connectivity index (χ0v) is 44.6. The van der Waals surface area contributed by atoms with Gasteiger partial charge in [0.05, 0.1) is 58.7 Å². The lowest BCUT2D eigenvalue weighted by Gasteiger charge is -2.22. The van der Waals surface area contributed by atoms with Crippen molar-refractivity contribution < 1.29 is 54.4 Å². The number of hydrogen-bond acceptors (Lipinski definition) is 9. The van der Waals surface area contributed by atoms with Crippen molar-refractivity contribution >= 4 is 102 Å². The normalized spacial score (nSPS) is 14.9. The van der Waals surface area contributed by atoms with E-state index < -0.39 is 137 Å². The van der Waals surface area contributed by atoms with Crippen LogP contribution in [0.3, 0.4) is 0 Å². The lowest BCUT2D eigenvalue weighted by Crippen LogP contribution is -2.36. The zero-order chi connectivity index (χ0) is 72.6. The predicted octanol–water partition coefficient (Wildman–Crippen LogP) is 11.6. The molecule has 3 aromatic heterocycles. The molecule has 9 aromatic rings. The lowest BCUT2D eigenvalue weighted by atomic mass is 10.1. The summed E-state index contributed by atoms with van der Waals surface area (Å²) in [7, 11) is 4.06. The average Bonchev–Trinajstić information content (AvgIpc) is 0.741. The molecule has 18 heteroatoms. The van der Waals surface area contributed by atoms with Crippen LogP contribution in [0.15, 0.2) is 142 Å². The minimum atomic E-state index is -3.63. The third-order valence-electron chi connectivity index (χ3n) is 12.1. The van der Waals surface area contributed by atoms with Crippen LogP contribution in [0.1, 0.15) is 93.1 Å². The summed E-state index contributed by atoms with van der Waals surface area (Å²) >= 11 is 18.5. The molecule has 3 N–H and O–H groups in total. The van der Waals surface area contributed by atoms with E-state index in [0.717, 1.165) is 19.6 Å². The molecule has 6 aromatic carbocycles. The Bertz CT molecular complexity index is 4870. The number of aryl methyl sites for hydroxylation is 4. The van der Waals surface area contributed by atoms with Crippen LogP contribution in [0.2, 0.25) is 15.1 Å². The summed E-state index contributed by atoms with van der Waals surface area (Å²) in [4.78, 5) is 80.8. The lowest BCUT2D eigenvalue weighted by molar-refractivity contribution is 0.0975. The summed E-state index contributed by atoms with van der Waals surface area (Å²) in [6.45, 7) is -7.63. The van der Waals surface area contributed by atoms with Gasteiger partial charge in [0.2, 0.25) is 0 Å². The van der Waals surface area contributed by atoms with Gasteiger partial charge in [0.1, 0.15) is 33.9 Å². The number of anilines is 3. The van der Waals surface area contributed by atoms with E-state index >= 15 is 0 Å². The van der Waals surface area contributed by atoms with Crippen LogP contribution in [0.5, 0.6) is 17.2 Å². The Morgan fingerprint density at radius 3 is 1.12 bits per heavy atom. The van der Waals surface area contributed by atoms with E-state index in [1.54, 1.807) is 44.2 Å². The quantitative estimate of drug-likeness (QED) is 0.126. The van der Waals surface area contributed by atoms with E-state index in [1.165, 1.54) is 88.1 Å². The number of pyridine rings is 3. The topological polar surface area (TPSA) is 188 Å². The van der Waals surface area contributed by atoms with Crippen LogP contribution >= 0.6 is 34.8 Å². The highest BCUT2D eigenvalue weighted by Gasteiger charge is 2.30. The van der Waals surface area contributed by atoms with E-state index in [1.807, 2.05) is 0 Å². The van der Waals surface area contributed by atoms with Gasteiger partial charge in [0, 0.05) is 71.5 Å². The second-order valence-electron chi connectivity index (χ2n) is 17.0. The minimum absolute atomic E-state index is 0.0212. The molecule has 0 atom stereocenters. The van der Waals surface area contributed by atoms with Gasteiger partial charge in [0.25, 0.3) is 34.4 Å². The highest BCUT2D eigenvalue weighted by molar-refractivity contribution is 6.37. The molecular formula is C60H57Cl3N6O9. The molecule has 0 radical (unpaired) electrons. The number of aromatic hydroxyl groups is 3. The molecule has 15 nitrogen and oxygen atoms in total. The number of carbonyl (C=O) groups is 3. The third-order valence-corrected chi connectivity index (χ3v) is 13.1. The Hall–Kier alpha value is -8.37. The number of halogens is 3. The molecule has 0 fully saturated rings. The van der Waals surface area contributed by atoms with Gasteiger partial charge in [-0.2, -0.15) is 0 Å². The highest BCUT2D eigenvalue weighted by atomic mass is 35.5. The number of nitrogens with zero attached hydrogens (tertiary/aromatic N) is 6. The van der Waals surface area contributed by atoms with Gasteiger partial charge in [-0.05, 0) is 114 Å². The fourth-order valence-electron chi connectivity index (χ4n) is 8.05. The van der Waals surface area contributed by atoms with Gasteiger partial charge in [-0.3, -0.25) is 28.8 Å². The van der Waals surface area contributed by atoms with E-state index in [4.69, 9.17) is 59.5 Å². The molecule has 0 saturated carbocycles. The van der Waals surface area contributed by atoms with Crippen molar-refractivity contribution in [3.8, 4) is 17.2 Å². The predicted molar refractivity (Wildman–Crippen MR) is 313 cm³/mol. The Balaban J connectivity index is 0.000000204. The fourth-order valence-corrected chi connectivity index (χ4v) is 8.83. The smallest absolute Gasteiger partial charge is 0.267 e. The molecule has 78 heavy (non-hydrogen) atoms. The number of benzene rings is 6. The molecule has 0 saturated heterocycles. The van der Waals surface area contributed by atoms with E-state index in [0.29, 0.717) is 10.4 Å². The van der Waals surface area contributed by atoms with Crippen molar-refractivity contribution in [2.75, 3.05) is 34.2 Å². The van der Waals surface area contributed by atoms with Gasteiger partial charge in [-0.15, -0.1) is 0 Å². The summed E-state index contributed by atoms with van der Waals surface area (Å²) in [5, 5.41) is 32.6. The van der Waals surface area contributed by atoms with Crippen LogP contribution in [0.4, 0.5) is 17.1 Å². The largest absolute Gasteiger partial charge is 0.506 e. The molecule has 0 aliphatic rings. The van der Waals surface area contributed by atoms with Crippen LogP contribution < -0.4 is 31.4 Å². The first-order chi connectivity index (χ1) is 44.3. The van der Waals surface area contributed by atoms with Crippen molar-refractivity contribution in [3.63, 3.8) is 0 Å². The molecule has 0 unspecified atom stereocenters. The second-order valence-corrected chi connectivity index (χ2v) is 18.2. The molecule has 402 valence electrons. The van der Waals surface area contributed by atoms with Crippen molar-refractivity contribution in [2.24, 2.45) is 21.1 Å². The summed E-state index contributed by atoms with van der Waals surface area (Å²) in [5.41, 5.74) is -5.03. The highest BCUT2D eigenvalue weighted by Crippen LogP contribution is 2.36. The maximum Gasteiger partial charge on any atom is 0.267 e. The number of amides is 3. The maximum absolute atomic E-state index is 13.7. The average molecular weight is 1130 g/mol. The second kappa shape index (κ2) is 23.9. The van der Waals surface area contributed by atoms with E-state index in [-0.39, 0.29) is 88.3 Å². The standard InChI is InChI=1S/3C20H19ClN2O3/c3*1-4-23(13-10-8-12(2)9-11-13)20(26)17-18(24)16-14(21)6-5-7-15(16)22(3)19(17)25/h3*5-11,24H,4H2,1-3H3/i1D3,4D2,8D,9D,10D,11D;8D,9D,10D,11D;1D3,4D2. The van der Waals surface area contributed by atoms with Crippen molar-refractivity contribution in [1.82, 2.24) is 13.7 Å². The molecular weight excluding hydrogens is 1060 g/mol. The van der Waals surface area contributed by atoms with Gasteiger partial charge in [0.15, 0.2) is 0 Å². The number of rotatable bonds is 9. The van der Waals surface area contributed by atoms with Crippen molar-refractivity contribution in [3.05, 3.63) is 207 Å². The first-order valence-corrected chi connectivity index (χ1v) is 24.1. The van der Waals surface area contributed by atoms with E-state index in [9.17, 15) is 44.1 Å². The van der Waals surface area contributed by atoms with Crippen LogP contribution in [0, 0.1) is 20.8 Å². The SMILES string of the molecule is [2H]C([2H])([2H])C([2H])([2H])N(C(=O)c1c(O)c2c(Cl)cccc2n(C)c1=O)c1ccc(C)cc1.[2H]c1c([2H])c(N(C(=O)c2c(O)c3c(Cl)cccc3n(C)c2=O)C([2H])([2H])C([2H])([2H])[2H])c([2H])c([2H])c1C.[2H]c1c([2H])c(N(CC)C(=O)c2c(O)c3c(Cl)cccc3n(C)c2=O)c([2H])c([2H])c1C. The Labute approximate surface area is 489 Å². The van der Waals surface area contributed by atoms with Crippen molar-refractivity contribution in [2.45, 2.75) is 41.4 Å². The van der Waals surface area contributed by atoms with E-state index in [2.05, 4.69) is 0 Å². The summed E-state index contributed by atoms with van der Waals surface area (Å²) < 4.78 is 147. The minimum Gasteiger partial charge on any atom is -0.506 e. The van der Waals surface area contributed by atoms with Crippen LogP contribution in [-0.2, 0) is 21.1 Å². The Morgan fingerprint density at radius 2 is 0.795 bits per heavy atom. The zero-order valence-electron chi connectivity index (χ0n) is 60.3. The molecule has 0 aliphatic heterocycles. The number of fused-ring (bicyclic) bond motifs is 3. The molecule has 3 amide bonds. The maximum atomic E-state index is 13.7. The first-order valence-electron chi connectivity index (χ1n) is 32.0. The summed E-state index contributed by atoms with van der Waals surface area (Å²) in [6.07, 6.45) is 0. The van der Waals surface area contributed by atoms with Gasteiger partial charge < -0.3 is 43.7 Å². The van der Waals surface area contributed by atoms with Gasteiger partial charge in [-0.25, -0.2) is 0 Å². The molecule has 0 bridgehead atoms. The van der Waals surface area contributed by atoms with Crippen LogP contribution in [0.25, 0.3) is 32.7 Å². The first kappa shape index (κ1) is 37.4. The monoisotopic (exact) mass is 1130 g/mol. The number of aromatic nitrogens is 3. The number of carbonyl (C=O) groups excluding carboxylic acids is 3. The van der Waals surface area contributed by atoms with Gasteiger partial charge in [-0.1, -0.05) is 106 Å². The Morgan fingerprint density at radius 1 is 0.487 bits per heavy atom. The molecule has 3 heterocycles.